The third-order valence-electron chi connectivity index (χ3n) is 6.17. The van der Waals surface area contributed by atoms with E-state index in [1.807, 2.05) is 9.80 Å². The third kappa shape index (κ3) is 3.12. The molecule has 3 aliphatic rings. The van der Waals surface area contributed by atoms with Gasteiger partial charge in [-0.1, -0.05) is 18.2 Å². The van der Waals surface area contributed by atoms with E-state index in [1.165, 1.54) is 16.7 Å². The van der Waals surface area contributed by atoms with Crippen molar-refractivity contribution >= 4 is 11.9 Å². The monoisotopic (exact) mass is 341 g/mol. The largest absolute Gasteiger partial charge is 0.342 e. The summed E-state index contributed by atoms with van der Waals surface area (Å²) in [5.74, 6) is 0.871. The lowest BCUT2D eigenvalue weighted by atomic mass is 10.0. The van der Waals surface area contributed by atoms with Crippen LogP contribution in [0.25, 0.3) is 0 Å². The highest BCUT2D eigenvalue weighted by Crippen LogP contribution is 2.49. The lowest BCUT2D eigenvalue weighted by molar-refractivity contribution is -0.134. The number of aryl methyl sites for hydroxylation is 2. The smallest absolute Gasteiger partial charge is 0.317 e. The van der Waals surface area contributed by atoms with Crippen LogP contribution in [0.3, 0.4) is 0 Å². The molecule has 0 aromatic heterocycles. The lowest BCUT2D eigenvalue weighted by Crippen LogP contribution is -2.48. The number of likely N-dealkylation sites (tertiary alicyclic amines) is 1. The average Bonchev–Trinajstić information content (AvgIpc) is 3.31. The molecule has 0 spiro atoms. The van der Waals surface area contributed by atoms with Crippen molar-refractivity contribution in [3.8, 4) is 0 Å². The second-order valence-electron chi connectivity index (χ2n) is 7.77. The molecule has 1 aromatic rings. The zero-order valence-electron chi connectivity index (χ0n) is 15.1. The Morgan fingerprint density at radius 3 is 2.52 bits per heavy atom. The summed E-state index contributed by atoms with van der Waals surface area (Å²) >= 11 is 0. The number of benzene rings is 1. The predicted molar refractivity (Wildman–Crippen MR) is 96.5 cm³/mol. The maximum absolute atomic E-state index is 12.8. The van der Waals surface area contributed by atoms with Crippen molar-refractivity contribution < 1.29 is 9.59 Å². The molecule has 25 heavy (non-hydrogen) atoms. The molecule has 2 saturated heterocycles. The second kappa shape index (κ2) is 6.36. The van der Waals surface area contributed by atoms with Gasteiger partial charge < -0.3 is 15.1 Å². The van der Waals surface area contributed by atoms with Gasteiger partial charge in [0.15, 0.2) is 0 Å². The van der Waals surface area contributed by atoms with Crippen LogP contribution in [0.2, 0.25) is 0 Å². The summed E-state index contributed by atoms with van der Waals surface area (Å²) in [4.78, 5) is 28.6. The van der Waals surface area contributed by atoms with E-state index in [0.29, 0.717) is 17.9 Å². The summed E-state index contributed by atoms with van der Waals surface area (Å²) in [6, 6.07) is 6.93. The fourth-order valence-electron chi connectivity index (χ4n) is 4.30. The van der Waals surface area contributed by atoms with Gasteiger partial charge in [-0.15, -0.1) is 0 Å². The predicted octanol–water partition coefficient (Wildman–Crippen LogP) is 2.42. The number of amides is 3. The van der Waals surface area contributed by atoms with E-state index in [-0.39, 0.29) is 11.9 Å². The molecular formula is C20H27N3O2. The number of hydrogen-bond acceptors (Lipinski definition) is 2. The van der Waals surface area contributed by atoms with Crippen LogP contribution in [0.5, 0.6) is 0 Å². The van der Waals surface area contributed by atoms with Gasteiger partial charge in [0.05, 0.1) is 0 Å². The zero-order valence-corrected chi connectivity index (χ0v) is 15.1. The van der Waals surface area contributed by atoms with Gasteiger partial charge in [0.1, 0.15) is 0 Å². The van der Waals surface area contributed by atoms with E-state index >= 15 is 0 Å². The van der Waals surface area contributed by atoms with E-state index in [9.17, 15) is 9.59 Å². The highest BCUT2D eigenvalue weighted by atomic mass is 16.2. The Morgan fingerprint density at radius 2 is 1.88 bits per heavy atom. The Labute approximate surface area is 149 Å². The fraction of sp³-hybridized carbons (Fsp3) is 0.600. The summed E-state index contributed by atoms with van der Waals surface area (Å²) in [6.07, 6.45) is 2.79. The Bertz CT molecular complexity index is 694. The summed E-state index contributed by atoms with van der Waals surface area (Å²) < 4.78 is 0. The van der Waals surface area contributed by atoms with E-state index in [2.05, 4.69) is 37.4 Å². The minimum Gasteiger partial charge on any atom is -0.342 e. The standard InChI is InChI=1S/C20H27N3O2/c1-13-3-4-15(11-14(13)2)17-12-18(17)19(24)22-8-5-16(6-9-22)23-10-7-21-20(23)25/h3-4,11,16-18H,5-10,12H2,1-2H3,(H,21,25)/t17-,18+/m0/s1. The number of urea groups is 1. The van der Waals surface area contributed by atoms with Gasteiger partial charge >= 0.3 is 6.03 Å². The van der Waals surface area contributed by atoms with Crippen LogP contribution in [0.1, 0.15) is 41.9 Å². The van der Waals surface area contributed by atoms with E-state index < -0.39 is 0 Å². The van der Waals surface area contributed by atoms with Crippen molar-refractivity contribution in [1.82, 2.24) is 15.1 Å². The molecule has 3 amide bonds. The number of rotatable bonds is 3. The maximum Gasteiger partial charge on any atom is 0.317 e. The Kier molecular flexibility index (Phi) is 4.18. The Hall–Kier alpha value is -2.04. The Balaban J connectivity index is 1.32. The molecule has 0 unspecified atom stereocenters. The SMILES string of the molecule is Cc1ccc([C@@H]2C[C@H]2C(=O)N2CCC(N3CCNC3=O)CC2)cc1C. The molecule has 1 saturated carbocycles. The molecule has 0 radical (unpaired) electrons. The van der Waals surface area contributed by atoms with Crippen molar-refractivity contribution in [2.45, 2.75) is 45.1 Å². The molecule has 1 aliphatic carbocycles. The Morgan fingerprint density at radius 1 is 1.12 bits per heavy atom. The first kappa shape index (κ1) is 16.4. The molecular weight excluding hydrogens is 314 g/mol. The quantitative estimate of drug-likeness (QED) is 0.918. The molecule has 0 bridgehead atoms. The first-order valence-corrected chi connectivity index (χ1v) is 9.45. The normalized spacial score (nSPS) is 26.7. The van der Waals surface area contributed by atoms with Gasteiger partial charge in [0.2, 0.25) is 5.91 Å². The molecule has 4 rings (SSSR count). The number of piperidine rings is 1. The summed E-state index contributed by atoms with van der Waals surface area (Å²) in [5.41, 5.74) is 3.92. The van der Waals surface area contributed by atoms with Crippen LogP contribution in [0, 0.1) is 19.8 Å². The van der Waals surface area contributed by atoms with Gasteiger partial charge in [0, 0.05) is 38.1 Å². The van der Waals surface area contributed by atoms with Gasteiger partial charge in [-0.05, 0) is 55.7 Å². The van der Waals surface area contributed by atoms with Crippen molar-refractivity contribution in [2.75, 3.05) is 26.2 Å². The van der Waals surface area contributed by atoms with Gasteiger partial charge in [-0.3, -0.25) is 4.79 Å². The van der Waals surface area contributed by atoms with Crippen LogP contribution in [-0.4, -0.2) is 54.0 Å². The molecule has 2 aliphatic heterocycles. The number of carbonyl (C=O) groups excluding carboxylic acids is 2. The molecule has 5 heteroatoms. The van der Waals surface area contributed by atoms with Crippen LogP contribution < -0.4 is 5.32 Å². The molecule has 2 atom stereocenters. The molecule has 1 aromatic carbocycles. The minimum atomic E-state index is 0.0572. The van der Waals surface area contributed by atoms with Crippen LogP contribution in [0.4, 0.5) is 4.79 Å². The van der Waals surface area contributed by atoms with E-state index in [0.717, 1.165) is 45.4 Å². The van der Waals surface area contributed by atoms with E-state index in [4.69, 9.17) is 0 Å². The van der Waals surface area contributed by atoms with Crippen LogP contribution >= 0.6 is 0 Å². The first-order valence-electron chi connectivity index (χ1n) is 9.45. The number of nitrogens with one attached hydrogen (secondary N) is 1. The number of hydrogen-bond donors (Lipinski definition) is 1. The maximum atomic E-state index is 12.8. The number of nitrogens with zero attached hydrogens (tertiary/aromatic N) is 2. The van der Waals surface area contributed by atoms with Gasteiger partial charge in [0.25, 0.3) is 0 Å². The molecule has 3 fully saturated rings. The second-order valence-corrected chi connectivity index (χ2v) is 7.77. The van der Waals surface area contributed by atoms with Gasteiger partial charge in [-0.2, -0.15) is 0 Å². The highest BCUT2D eigenvalue weighted by molar-refractivity contribution is 5.83. The zero-order chi connectivity index (χ0) is 17.6. The molecule has 1 N–H and O–H groups in total. The van der Waals surface area contributed by atoms with Gasteiger partial charge in [-0.25, -0.2) is 4.79 Å². The number of carbonyl (C=O) groups is 2. The van der Waals surface area contributed by atoms with Crippen molar-refractivity contribution in [1.29, 1.82) is 0 Å². The van der Waals surface area contributed by atoms with Crippen molar-refractivity contribution in [3.63, 3.8) is 0 Å². The average molecular weight is 341 g/mol. The fourth-order valence-corrected chi connectivity index (χ4v) is 4.30. The van der Waals surface area contributed by atoms with Crippen molar-refractivity contribution in [3.05, 3.63) is 34.9 Å². The highest BCUT2D eigenvalue weighted by Gasteiger charge is 2.46. The third-order valence-corrected chi connectivity index (χ3v) is 6.17. The summed E-state index contributed by atoms with van der Waals surface area (Å²) in [6.45, 7) is 7.37. The minimum absolute atomic E-state index is 0.0572. The van der Waals surface area contributed by atoms with E-state index in [1.54, 1.807) is 0 Å². The molecule has 2 heterocycles. The molecule has 5 nitrogen and oxygen atoms in total. The van der Waals surface area contributed by atoms with Crippen LogP contribution in [-0.2, 0) is 4.79 Å². The summed E-state index contributed by atoms with van der Waals surface area (Å²) in [5, 5.41) is 2.87. The topological polar surface area (TPSA) is 52.7 Å². The van der Waals surface area contributed by atoms with Crippen LogP contribution in [0.15, 0.2) is 18.2 Å². The lowest BCUT2D eigenvalue weighted by Gasteiger charge is -2.36. The summed E-state index contributed by atoms with van der Waals surface area (Å²) in [7, 11) is 0. The first-order chi connectivity index (χ1) is 12.0. The van der Waals surface area contributed by atoms with Crippen molar-refractivity contribution in [2.24, 2.45) is 5.92 Å². The molecule has 134 valence electrons.